The van der Waals surface area contributed by atoms with Gasteiger partial charge in [0.05, 0.1) is 5.41 Å². The molecule has 1 aromatic heterocycles. The monoisotopic (exact) mass is 291 g/mol. The fourth-order valence-electron chi connectivity index (χ4n) is 2.48. The molecule has 0 fully saturated rings. The van der Waals surface area contributed by atoms with E-state index in [1.54, 1.807) is 11.3 Å². The van der Waals surface area contributed by atoms with Crippen molar-refractivity contribution >= 4 is 27.4 Å². The number of carboxylic acids is 1. The summed E-state index contributed by atoms with van der Waals surface area (Å²) < 4.78 is 1.28. The smallest absolute Gasteiger partial charge is 0.310 e. The van der Waals surface area contributed by atoms with Crippen molar-refractivity contribution in [3.8, 4) is 0 Å². The van der Waals surface area contributed by atoms with Gasteiger partial charge in [0, 0.05) is 17.8 Å². The Bertz CT molecular complexity index is 587. The molecule has 4 heteroatoms. The van der Waals surface area contributed by atoms with Crippen molar-refractivity contribution in [2.24, 2.45) is 5.41 Å². The lowest BCUT2D eigenvalue weighted by Crippen LogP contribution is -2.39. The molecule has 1 heterocycles. The predicted octanol–water partition coefficient (Wildman–Crippen LogP) is 3.88. The van der Waals surface area contributed by atoms with Crippen molar-refractivity contribution in [3.63, 3.8) is 0 Å². The highest BCUT2D eigenvalue weighted by Crippen LogP contribution is 2.28. The summed E-state index contributed by atoms with van der Waals surface area (Å²) in [5.74, 6) is -0.704. The minimum atomic E-state index is -0.704. The highest BCUT2D eigenvalue weighted by atomic mass is 32.1. The SMILES string of the molecule is CCC(CC)(CNCc1csc2ccccc12)C(=O)O. The van der Waals surface area contributed by atoms with Crippen molar-refractivity contribution in [2.75, 3.05) is 6.54 Å². The van der Waals surface area contributed by atoms with E-state index in [2.05, 4.69) is 22.8 Å². The molecule has 20 heavy (non-hydrogen) atoms. The van der Waals surface area contributed by atoms with Crippen LogP contribution >= 0.6 is 11.3 Å². The largest absolute Gasteiger partial charge is 0.481 e. The van der Waals surface area contributed by atoms with Crippen LogP contribution in [0.15, 0.2) is 29.6 Å². The third kappa shape index (κ3) is 2.86. The van der Waals surface area contributed by atoms with Gasteiger partial charge in [-0.05, 0) is 35.2 Å². The number of hydrogen-bond acceptors (Lipinski definition) is 3. The summed E-state index contributed by atoms with van der Waals surface area (Å²) in [5.41, 5.74) is 0.600. The number of fused-ring (bicyclic) bond motifs is 1. The number of carbonyl (C=O) groups is 1. The average Bonchev–Trinajstić information content (AvgIpc) is 2.87. The van der Waals surface area contributed by atoms with Crippen LogP contribution in [0.5, 0.6) is 0 Å². The molecule has 0 saturated heterocycles. The van der Waals surface area contributed by atoms with Crippen LogP contribution in [0.1, 0.15) is 32.3 Å². The molecule has 3 nitrogen and oxygen atoms in total. The van der Waals surface area contributed by atoms with Gasteiger partial charge in [0.25, 0.3) is 0 Å². The minimum Gasteiger partial charge on any atom is -0.481 e. The quantitative estimate of drug-likeness (QED) is 0.814. The highest BCUT2D eigenvalue weighted by molar-refractivity contribution is 7.17. The molecule has 0 bridgehead atoms. The average molecular weight is 291 g/mol. The van der Waals surface area contributed by atoms with Crippen LogP contribution in [0.3, 0.4) is 0 Å². The molecule has 108 valence electrons. The van der Waals surface area contributed by atoms with Crippen molar-refractivity contribution < 1.29 is 9.90 Å². The molecule has 0 radical (unpaired) electrons. The summed E-state index contributed by atoms with van der Waals surface area (Å²) in [7, 11) is 0. The van der Waals surface area contributed by atoms with Gasteiger partial charge >= 0.3 is 5.97 Å². The van der Waals surface area contributed by atoms with Gasteiger partial charge in [0.2, 0.25) is 0 Å². The van der Waals surface area contributed by atoms with Crippen molar-refractivity contribution in [1.29, 1.82) is 0 Å². The lowest BCUT2D eigenvalue weighted by atomic mass is 9.82. The van der Waals surface area contributed by atoms with Crippen LogP contribution < -0.4 is 5.32 Å². The maximum absolute atomic E-state index is 11.5. The molecule has 0 amide bonds. The topological polar surface area (TPSA) is 49.3 Å². The zero-order valence-corrected chi connectivity index (χ0v) is 12.8. The van der Waals surface area contributed by atoms with E-state index in [0.717, 1.165) is 6.54 Å². The van der Waals surface area contributed by atoms with Crippen LogP contribution in [0.25, 0.3) is 10.1 Å². The lowest BCUT2D eigenvalue weighted by Gasteiger charge is -2.26. The van der Waals surface area contributed by atoms with E-state index in [9.17, 15) is 9.90 Å². The van der Waals surface area contributed by atoms with E-state index in [1.165, 1.54) is 15.6 Å². The first-order chi connectivity index (χ1) is 9.63. The number of benzene rings is 1. The molecule has 1 aromatic carbocycles. The maximum Gasteiger partial charge on any atom is 0.310 e. The van der Waals surface area contributed by atoms with Gasteiger partial charge in [-0.3, -0.25) is 4.79 Å². The summed E-state index contributed by atoms with van der Waals surface area (Å²) in [5, 5.41) is 16.2. The van der Waals surface area contributed by atoms with Crippen LogP contribution in [0.4, 0.5) is 0 Å². The van der Waals surface area contributed by atoms with E-state index >= 15 is 0 Å². The maximum atomic E-state index is 11.5. The molecule has 0 aliphatic carbocycles. The third-order valence-electron chi connectivity index (χ3n) is 4.15. The van der Waals surface area contributed by atoms with Crippen LogP contribution in [0.2, 0.25) is 0 Å². The Morgan fingerprint density at radius 2 is 2.00 bits per heavy atom. The van der Waals surface area contributed by atoms with E-state index < -0.39 is 11.4 Å². The van der Waals surface area contributed by atoms with Crippen molar-refractivity contribution in [3.05, 3.63) is 35.2 Å². The van der Waals surface area contributed by atoms with Gasteiger partial charge in [-0.25, -0.2) is 0 Å². The first-order valence-corrected chi connectivity index (χ1v) is 7.90. The van der Waals surface area contributed by atoms with Gasteiger partial charge in [-0.1, -0.05) is 32.0 Å². The van der Waals surface area contributed by atoms with E-state index in [4.69, 9.17) is 0 Å². The first kappa shape index (κ1) is 15.0. The second-order valence-corrected chi connectivity index (χ2v) is 6.06. The number of hydrogen-bond donors (Lipinski definition) is 2. The Kier molecular flexibility index (Phi) is 4.78. The Morgan fingerprint density at radius 1 is 1.30 bits per heavy atom. The standard InChI is InChI=1S/C16H21NO2S/c1-3-16(4-2,15(18)19)11-17-9-12-10-20-14-8-6-5-7-13(12)14/h5-8,10,17H,3-4,9,11H2,1-2H3,(H,18,19). The molecular weight excluding hydrogens is 270 g/mol. The Balaban J connectivity index is 2.04. The number of thiophene rings is 1. The number of aliphatic carboxylic acids is 1. The fraction of sp³-hybridized carbons (Fsp3) is 0.438. The van der Waals surface area contributed by atoms with Crippen LogP contribution in [0, 0.1) is 5.41 Å². The summed E-state index contributed by atoms with van der Waals surface area (Å²) in [6, 6.07) is 8.31. The number of carboxylic acid groups (broad SMARTS) is 1. The zero-order valence-electron chi connectivity index (χ0n) is 12.0. The minimum absolute atomic E-state index is 0.513. The molecule has 0 saturated carbocycles. The summed E-state index contributed by atoms with van der Waals surface area (Å²) in [6.45, 7) is 5.12. The molecule has 0 aliphatic rings. The van der Waals surface area contributed by atoms with Gasteiger partial charge < -0.3 is 10.4 Å². The fourth-order valence-corrected chi connectivity index (χ4v) is 3.45. The zero-order chi connectivity index (χ0) is 14.6. The molecule has 2 rings (SSSR count). The second-order valence-electron chi connectivity index (χ2n) is 5.15. The highest BCUT2D eigenvalue weighted by Gasteiger charge is 2.34. The summed E-state index contributed by atoms with van der Waals surface area (Å²) in [4.78, 5) is 11.5. The van der Waals surface area contributed by atoms with Gasteiger partial charge in [0.15, 0.2) is 0 Å². The van der Waals surface area contributed by atoms with Crippen LogP contribution in [-0.4, -0.2) is 17.6 Å². The number of nitrogens with one attached hydrogen (secondary N) is 1. The molecule has 0 spiro atoms. The number of rotatable bonds is 7. The van der Waals surface area contributed by atoms with E-state index in [1.807, 2.05) is 26.0 Å². The lowest BCUT2D eigenvalue weighted by molar-refractivity contribution is -0.149. The summed E-state index contributed by atoms with van der Waals surface area (Å²) in [6.07, 6.45) is 1.30. The molecular formula is C16H21NO2S. The Morgan fingerprint density at radius 3 is 2.65 bits per heavy atom. The predicted molar refractivity (Wildman–Crippen MR) is 84.2 cm³/mol. The van der Waals surface area contributed by atoms with E-state index in [-0.39, 0.29) is 0 Å². The Labute approximate surface area is 123 Å². The van der Waals surface area contributed by atoms with Gasteiger partial charge in [0.1, 0.15) is 0 Å². The van der Waals surface area contributed by atoms with Gasteiger partial charge in [-0.2, -0.15) is 0 Å². The molecule has 0 unspecified atom stereocenters. The van der Waals surface area contributed by atoms with Crippen molar-refractivity contribution in [1.82, 2.24) is 5.32 Å². The normalized spacial score (nSPS) is 11.9. The summed E-state index contributed by atoms with van der Waals surface area (Å²) >= 11 is 1.73. The Hall–Kier alpha value is -1.39. The molecule has 2 aromatic rings. The van der Waals surface area contributed by atoms with Crippen molar-refractivity contribution in [2.45, 2.75) is 33.2 Å². The molecule has 0 aliphatic heterocycles. The van der Waals surface area contributed by atoms with Gasteiger partial charge in [-0.15, -0.1) is 11.3 Å². The second kappa shape index (κ2) is 6.37. The van der Waals surface area contributed by atoms with Crippen LogP contribution in [-0.2, 0) is 11.3 Å². The van der Waals surface area contributed by atoms with E-state index in [0.29, 0.717) is 19.4 Å². The third-order valence-corrected chi connectivity index (χ3v) is 5.16. The molecule has 0 atom stereocenters. The molecule has 2 N–H and O–H groups in total. The first-order valence-electron chi connectivity index (χ1n) is 7.02.